The second-order valence-corrected chi connectivity index (χ2v) is 22.7. The smallest absolute Gasteiger partial charge is 0.276 e. The average molecular weight is 427 g/mol. The summed E-state index contributed by atoms with van der Waals surface area (Å²) in [4.78, 5) is 0. The molecule has 1 rings (SSSR count). The number of rotatable bonds is 11. The van der Waals surface area contributed by atoms with Gasteiger partial charge in [-0.05, 0) is 50.9 Å². The minimum Gasteiger partial charge on any atom is -0.547 e. The third-order valence-electron chi connectivity index (χ3n) is 3.47. The van der Waals surface area contributed by atoms with E-state index >= 15 is 0 Å². The zero-order chi connectivity index (χ0) is 19.8. The molecule has 0 aromatic heterocycles. The molecular weight excluding hydrogens is 389 g/mol. The average Bonchev–Trinajstić information content (AvgIpc) is 2.47. The van der Waals surface area contributed by atoms with Crippen LogP contribution >= 0.6 is 0 Å². The molecule has 0 atom stereocenters. The van der Waals surface area contributed by atoms with Crippen molar-refractivity contribution in [2.24, 2.45) is 0 Å². The highest BCUT2D eigenvalue weighted by atomic mass is 28.4. The van der Waals surface area contributed by atoms with Crippen molar-refractivity contribution < 1.29 is 13.3 Å². The van der Waals surface area contributed by atoms with Gasteiger partial charge in [0.15, 0.2) is 22.5 Å². The highest BCUT2D eigenvalue weighted by molar-refractivity contribution is 6.71. The van der Waals surface area contributed by atoms with Gasteiger partial charge in [0.2, 0.25) is 0 Å². The summed E-state index contributed by atoms with van der Waals surface area (Å²) in [5.41, 5.74) is 1.20. The molecule has 0 saturated carbocycles. The maximum atomic E-state index is 6.37. The standard InChI is InChI=1S/C19H38O3Si4/c1-24(2)15-14-18(16-17-12-10-9-11-13-17)20-23-19(21-25(3,4)5)22-26(6,7)8/h9-13,16,19,24H,14-15,23H2,1-8H3. The van der Waals surface area contributed by atoms with E-state index < -0.39 is 35.2 Å². The lowest BCUT2D eigenvalue weighted by Crippen LogP contribution is -2.43. The molecule has 0 N–H and O–H groups in total. The van der Waals surface area contributed by atoms with Crippen molar-refractivity contribution in [3.8, 4) is 0 Å². The second kappa shape index (κ2) is 10.8. The van der Waals surface area contributed by atoms with Crippen molar-refractivity contribution in [2.75, 3.05) is 0 Å². The van der Waals surface area contributed by atoms with Gasteiger partial charge in [-0.15, -0.1) is 0 Å². The highest BCUT2D eigenvalue weighted by Gasteiger charge is 2.28. The van der Waals surface area contributed by atoms with Crippen LogP contribution in [-0.4, -0.2) is 41.1 Å². The van der Waals surface area contributed by atoms with Gasteiger partial charge in [-0.1, -0.05) is 49.5 Å². The van der Waals surface area contributed by atoms with Gasteiger partial charge in [0, 0.05) is 15.2 Å². The number of hydrogen-bond donors (Lipinski definition) is 0. The lowest BCUT2D eigenvalue weighted by Gasteiger charge is -2.31. The van der Waals surface area contributed by atoms with Crippen LogP contribution in [0.25, 0.3) is 6.08 Å². The van der Waals surface area contributed by atoms with Crippen LogP contribution in [0.3, 0.4) is 0 Å². The van der Waals surface area contributed by atoms with Gasteiger partial charge >= 0.3 is 0 Å². The SMILES string of the molecule is C[SiH](C)CCC(=Cc1ccccc1)O[SiH2]C(O[Si](C)(C)C)O[Si](C)(C)C. The van der Waals surface area contributed by atoms with Crippen molar-refractivity contribution in [1.82, 2.24) is 0 Å². The summed E-state index contributed by atoms with van der Waals surface area (Å²) in [6.45, 7) is 18.1. The Bertz CT molecular complexity index is 532. The van der Waals surface area contributed by atoms with E-state index in [-0.39, 0.29) is 5.91 Å². The second-order valence-electron chi connectivity index (χ2n) is 9.15. The van der Waals surface area contributed by atoms with Crippen LogP contribution in [0.2, 0.25) is 58.4 Å². The summed E-state index contributed by atoms with van der Waals surface area (Å²) in [5.74, 6) is 0.969. The number of hydrogen-bond acceptors (Lipinski definition) is 3. The first kappa shape index (κ1) is 23.6. The van der Waals surface area contributed by atoms with Gasteiger partial charge in [0.05, 0.1) is 5.76 Å². The van der Waals surface area contributed by atoms with Gasteiger partial charge in [0.25, 0.3) is 9.76 Å². The van der Waals surface area contributed by atoms with E-state index in [2.05, 4.69) is 82.7 Å². The molecule has 1 aromatic carbocycles. The molecule has 0 amide bonds. The first-order chi connectivity index (χ1) is 11.9. The van der Waals surface area contributed by atoms with E-state index in [0.717, 1.165) is 12.2 Å². The van der Waals surface area contributed by atoms with E-state index in [4.69, 9.17) is 13.3 Å². The van der Waals surface area contributed by atoms with E-state index in [1.54, 1.807) is 0 Å². The van der Waals surface area contributed by atoms with E-state index in [1.807, 2.05) is 6.07 Å². The molecule has 3 nitrogen and oxygen atoms in total. The van der Waals surface area contributed by atoms with Crippen LogP contribution in [-0.2, 0) is 13.3 Å². The minimum atomic E-state index is -1.66. The highest BCUT2D eigenvalue weighted by Crippen LogP contribution is 2.18. The Labute approximate surface area is 167 Å². The fourth-order valence-corrected chi connectivity index (χ4v) is 9.16. The normalized spacial score (nSPS) is 14.0. The van der Waals surface area contributed by atoms with E-state index in [1.165, 1.54) is 11.6 Å². The van der Waals surface area contributed by atoms with Crippen LogP contribution in [0.1, 0.15) is 12.0 Å². The molecule has 1 aromatic rings. The van der Waals surface area contributed by atoms with Crippen molar-refractivity contribution in [3.05, 3.63) is 41.7 Å². The lowest BCUT2D eigenvalue weighted by molar-refractivity contribution is 0.0499. The summed E-state index contributed by atoms with van der Waals surface area (Å²) in [6.07, 6.45) is 3.22. The molecule has 148 valence electrons. The molecule has 0 spiro atoms. The van der Waals surface area contributed by atoms with Gasteiger partial charge in [-0.2, -0.15) is 0 Å². The Morgan fingerprint density at radius 1 is 1.00 bits per heavy atom. The molecule has 0 fully saturated rings. The molecule has 0 bridgehead atoms. The fourth-order valence-electron chi connectivity index (χ4n) is 2.41. The quantitative estimate of drug-likeness (QED) is 0.283. The molecule has 7 heteroatoms. The first-order valence-corrected chi connectivity index (χ1v) is 21.0. The zero-order valence-electron chi connectivity index (χ0n) is 18.0. The maximum Gasteiger partial charge on any atom is 0.276 e. The molecule has 26 heavy (non-hydrogen) atoms. The first-order valence-electron chi connectivity index (χ1n) is 9.69. The summed E-state index contributed by atoms with van der Waals surface area (Å²) < 4.78 is 19.0. The molecular formula is C19H38O3Si4. The van der Waals surface area contributed by atoms with Gasteiger partial charge in [-0.3, -0.25) is 0 Å². The lowest BCUT2D eigenvalue weighted by atomic mass is 10.2. The Morgan fingerprint density at radius 3 is 2.00 bits per heavy atom. The van der Waals surface area contributed by atoms with Crippen molar-refractivity contribution in [3.63, 3.8) is 0 Å². The third kappa shape index (κ3) is 12.0. The number of allylic oxidation sites excluding steroid dienone is 1. The molecule has 0 unspecified atom stereocenters. The summed E-state index contributed by atoms with van der Waals surface area (Å²) >= 11 is 0. The van der Waals surface area contributed by atoms with Gasteiger partial charge in [-0.25, -0.2) is 0 Å². The van der Waals surface area contributed by atoms with E-state index in [9.17, 15) is 0 Å². The maximum absolute atomic E-state index is 6.37. The number of benzene rings is 1. The van der Waals surface area contributed by atoms with Gasteiger partial charge in [0.1, 0.15) is 0 Å². The molecule has 0 saturated heterocycles. The summed E-state index contributed by atoms with van der Waals surface area (Å²) in [5, 5.41) is 0. The molecule has 0 radical (unpaired) electrons. The monoisotopic (exact) mass is 426 g/mol. The zero-order valence-corrected chi connectivity index (χ0v) is 22.5. The topological polar surface area (TPSA) is 27.7 Å². The summed E-state index contributed by atoms with van der Waals surface area (Å²) in [7, 11) is -4.90. The molecule has 0 aliphatic heterocycles. The molecule has 0 aliphatic carbocycles. The molecule has 0 aliphatic rings. The van der Waals surface area contributed by atoms with Crippen LogP contribution in [0, 0.1) is 0 Å². The predicted octanol–water partition coefficient (Wildman–Crippen LogP) is 4.99. The van der Waals surface area contributed by atoms with Crippen molar-refractivity contribution in [2.45, 2.75) is 70.8 Å². The predicted molar refractivity (Wildman–Crippen MR) is 125 cm³/mol. The third-order valence-corrected chi connectivity index (χ3v) is 8.66. The Hall–Kier alpha value is -0.452. The van der Waals surface area contributed by atoms with Crippen LogP contribution in [0.15, 0.2) is 36.1 Å². The Morgan fingerprint density at radius 2 is 1.54 bits per heavy atom. The Balaban J connectivity index is 2.84. The van der Waals surface area contributed by atoms with Crippen LogP contribution < -0.4 is 0 Å². The minimum absolute atomic E-state index is 0.135. The van der Waals surface area contributed by atoms with Crippen LogP contribution in [0.5, 0.6) is 0 Å². The largest absolute Gasteiger partial charge is 0.547 e. The van der Waals surface area contributed by atoms with Gasteiger partial charge < -0.3 is 13.3 Å². The van der Waals surface area contributed by atoms with E-state index in [0.29, 0.717) is 0 Å². The van der Waals surface area contributed by atoms with Crippen molar-refractivity contribution in [1.29, 1.82) is 0 Å². The van der Waals surface area contributed by atoms with Crippen molar-refractivity contribution >= 4 is 41.3 Å². The molecule has 0 heterocycles. The summed E-state index contributed by atoms with van der Waals surface area (Å²) in [6, 6.07) is 11.7. The Kier molecular flexibility index (Phi) is 9.77. The van der Waals surface area contributed by atoms with Crippen LogP contribution in [0.4, 0.5) is 0 Å². The fraction of sp³-hybridized carbons (Fsp3) is 0.579.